The van der Waals surface area contributed by atoms with Gasteiger partial charge in [0.25, 0.3) is 5.91 Å². The summed E-state index contributed by atoms with van der Waals surface area (Å²) in [5.41, 5.74) is 1.85. The highest BCUT2D eigenvalue weighted by Crippen LogP contribution is 2.22. The van der Waals surface area contributed by atoms with Gasteiger partial charge in [0.2, 0.25) is 5.69 Å². The van der Waals surface area contributed by atoms with E-state index in [2.05, 4.69) is 20.6 Å². The minimum atomic E-state index is -0.561. The van der Waals surface area contributed by atoms with E-state index in [4.69, 9.17) is 0 Å². The summed E-state index contributed by atoms with van der Waals surface area (Å²) in [6.07, 6.45) is 1.19. The number of hydrogen-bond acceptors (Lipinski definition) is 5. The Morgan fingerprint density at radius 1 is 1.50 bits per heavy atom. The van der Waals surface area contributed by atoms with Crippen molar-refractivity contribution >= 4 is 11.6 Å². The van der Waals surface area contributed by atoms with Crippen LogP contribution in [0.1, 0.15) is 47.8 Å². The topological polar surface area (TPSA) is 119 Å². The number of H-pyrrole nitrogens is 1. The van der Waals surface area contributed by atoms with Crippen LogP contribution in [-0.2, 0) is 13.0 Å². The van der Waals surface area contributed by atoms with Crippen LogP contribution in [-0.4, -0.2) is 36.9 Å². The lowest BCUT2D eigenvalue weighted by atomic mass is 10.2. The van der Waals surface area contributed by atoms with Crippen LogP contribution in [0.5, 0.6) is 0 Å². The van der Waals surface area contributed by atoms with Crippen LogP contribution in [0.15, 0.2) is 6.07 Å². The SMILES string of the molecule is CCCc1[nH]nc(C(=O)NC(C)Cn2nc(C)cc2C)c1[N+](=O)[O-]. The number of rotatable bonds is 7. The van der Waals surface area contributed by atoms with Crippen LogP contribution in [0.25, 0.3) is 0 Å². The van der Waals surface area contributed by atoms with E-state index in [-0.39, 0.29) is 17.4 Å². The summed E-state index contributed by atoms with van der Waals surface area (Å²) in [6, 6.07) is 1.70. The van der Waals surface area contributed by atoms with Gasteiger partial charge in [-0.05, 0) is 33.3 Å². The molecule has 24 heavy (non-hydrogen) atoms. The Bertz CT molecular complexity index is 748. The molecule has 0 saturated heterocycles. The third-order valence-electron chi connectivity index (χ3n) is 3.64. The van der Waals surface area contributed by atoms with E-state index < -0.39 is 10.8 Å². The maximum atomic E-state index is 12.4. The van der Waals surface area contributed by atoms with Crippen molar-refractivity contribution in [2.45, 2.75) is 53.1 Å². The zero-order valence-corrected chi connectivity index (χ0v) is 14.3. The molecule has 1 atom stereocenters. The predicted octanol–water partition coefficient (Wildman–Crippen LogP) is 1.90. The van der Waals surface area contributed by atoms with Crippen LogP contribution in [0, 0.1) is 24.0 Å². The van der Waals surface area contributed by atoms with E-state index in [1.54, 1.807) is 4.68 Å². The fourth-order valence-electron chi connectivity index (χ4n) is 2.61. The molecule has 2 heterocycles. The Kier molecular flexibility index (Phi) is 5.32. The van der Waals surface area contributed by atoms with E-state index >= 15 is 0 Å². The van der Waals surface area contributed by atoms with Crippen molar-refractivity contribution in [2.75, 3.05) is 0 Å². The van der Waals surface area contributed by atoms with Crippen LogP contribution in [0.2, 0.25) is 0 Å². The zero-order valence-electron chi connectivity index (χ0n) is 14.3. The van der Waals surface area contributed by atoms with Gasteiger partial charge in [0, 0.05) is 11.7 Å². The Morgan fingerprint density at radius 3 is 2.75 bits per heavy atom. The number of nitrogens with zero attached hydrogens (tertiary/aromatic N) is 4. The zero-order chi connectivity index (χ0) is 17.9. The molecular formula is C15H22N6O3. The number of carbonyl (C=O) groups excluding carboxylic acids is 1. The lowest BCUT2D eigenvalue weighted by Crippen LogP contribution is -2.36. The van der Waals surface area contributed by atoms with Crippen LogP contribution < -0.4 is 5.32 Å². The molecule has 0 aliphatic rings. The molecule has 2 aromatic heterocycles. The molecule has 0 aromatic carbocycles. The van der Waals surface area contributed by atoms with Gasteiger partial charge in [0.1, 0.15) is 5.69 Å². The van der Waals surface area contributed by atoms with Crippen molar-refractivity contribution < 1.29 is 9.72 Å². The average Bonchev–Trinajstić information content (AvgIpc) is 3.03. The van der Waals surface area contributed by atoms with Crippen molar-refractivity contribution in [3.05, 3.63) is 39.0 Å². The van der Waals surface area contributed by atoms with Gasteiger partial charge in [-0.1, -0.05) is 13.3 Å². The smallest absolute Gasteiger partial charge is 0.322 e. The van der Waals surface area contributed by atoms with Gasteiger partial charge in [-0.15, -0.1) is 0 Å². The molecule has 0 fully saturated rings. The second-order valence-corrected chi connectivity index (χ2v) is 5.89. The van der Waals surface area contributed by atoms with Gasteiger partial charge in [0.15, 0.2) is 0 Å². The maximum absolute atomic E-state index is 12.4. The number of nitro groups is 1. The van der Waals surface area contributed by atoms with Crippen LogP contribution in [0.4, 0.5) is 5.69 Å². The first-order valence-corrected chi connectivity index (χ1v) is 7.87. The van der Waals surface area contributed by atoms with E-state index in [1.165, 1.54) is 0 Å². The second kappa shape index (κ2) is 7.24. The molecule has 2 aromatic rings. The summed E-state index contributed by atoms with van der Waals surface area (Å²) in [4.78, 5) is 23.0. The quantitative estimate of drug-likeness (QED) is 0.592. The lowest BCUT2D eigenvalue weighted by Gasteiger charge is -2.14. The first-order chi connectivity index (χ1) is 11.3. The molecule has 0 aliphatic heterocycles. The Hall–Kier alpha value is -2.71. The number of aromatic nitrogens is 4. The normalized spacial score (nSPS) is 12.2. The molecule has 2 N–H and O–H groups in total. The van der Waals surface area contributed by atoms with Crippen molar-refractivity contribution in [3.8, 4) is 0 Å². The maximum Gasteiger partial charge on any atom is 0.322 e. The van der Waals surface area contributed by atoms with Crippen molar-refractivity contribution in [2.24, 2.45) is 0 Å². The van der Waals surface area contributed by atoms with Gasteiger partial charge >= 0.3 is 5.69 Å². The summed E-state index contributed by atoms with van der Waals surface area (Å²) in [6.45, 7) is 8.03. The fourth-order valence-corrected chi connectivity index (χ4v) is 2.61. The van der Waals surface area contributed by atoms with Gasteiger partial charge in [-0.2, -0.15) is 10.2 Å². The molecule has 0 bridgehead atoms. The van der Waals surface area contributed by atoms with E-state index in [0.717, 1.165) is 17.8 Å². The van der Waals surface area contributed by atoms with Crippen molar-refractivity contribution in [1.29, 1.82) is 0 Å². The monoisotopic (exact) mass is 334 g/mol. The standard InChI is InChI=1S/C15H22N6O3/c1-5-6-12-14(21(23)24)13(18-17-12)15(22)16-10(3)8-20-11(4)7-9(2)19-20/h7,10H,5-6,8H2,1-4H3,(H,16,22)(H,17,18). The molecule has 0 saturated carbocycles. The van der Waals surface area contributed by atoms with Crippen molar-refractivity contribution in [1.82, 2.24) is 25.3 Å². The fraction of sp³-hybridized carbons (Fsp3) is 0.533. The van der Waals surface area contributed by atoms with Gasteiger partial charge in [0.05, 0.1) is 17.2 Å². The molecule has 130 valence electrons. The minimum absolute atomic E-state index is 0.177. The van der Waals surface area contributed by atoms with Gasteiger partial charge in [-0.25, -0.2) is 0 Å². The molecule has 1 amide bonds. The summed E-state index contributed by atoms with van der Waals surface area (Å²) >= 11 is 0. The highest BCUT2D eigenvalue weighted by molar-refractivity contribution is 5.96. The molecule has 1 unspecified atom stereocenters. The third kappa shape index (κ3) is 3.79. The molecule has 0 radical (unpaired) electrons. The van der Waals surface area contributed by atoms with E-state index in [1.807, 2.05) is 33.8 Å². The number of hydrogen-bond donors (Lipinski definition) is 2. The second-order valence-electron chi connectivity index (χ2n) is 5.89. The number of aromatic amines is 1. The Labute approximate surface area is 139 Å². The van der Waals surface area contributed by atoms with Crippen LogP contribution >= 0.6 is 0 Å². The average molecular weight is 334 g/mol. The molecule has 0 aliphatic carbocycles. The Morgan fingerprint density at radius 2 is 2.21 bits per heavy atom. The number of carbonyl (C=O) groups is 1. The van der Waals surface area contributed by atoms with Crippen LogP contribution in [0.3, 0.4) is 0 Å². The van der Waals surface area contributed by atoms with E-state index in [9.17, 15) is 14.9 Å². The van der Waals surface area contributed by atoms with Gasteiger partial charge in [-0.3, -0.25) is 24.7 Å². The summed E-state index contributed by atoms with van der Waals surface area (Å²) in [7, 11) is 0. The molecule has 9 nitrogen and oxygen atoms in total. The summed E-state index contributed by atoms with van der Waals surface area (Å²) in [5, 5.41) is 24.8. The summed E-state index contributed by atoms with van der Waals surface area (Å²) in [5.74, 6) is -0.561. The van der Waals surface area contributed by atoms with Gasteiger partial charge < -0.3 is 5.32 Å². The molecule has 2 rings (SSSR count). The highest BCUT2D eigenvalue weighted by Gasteiger charge is 2.29. The first kappa shape index (κ1) is 17.6. The number of nitrogens with one attached hydrogen (secondary N) is 2. The summed E-state index contributed by atoms with van der Waals surface area (Å²) < 4.78 is 1.79. The lowest BCUT2D eigenvalue weighted by molar-refractivity contribution is -0.385. The van der Waals surface area contributed by atoms with E-state index in [0.29, 0.717) is 18.7 Å². The first-order valence-electron chi connectivity index (χ1n) is 7.87. The number of amides is 1. The molecule has 0 spiro atoms. The molecular weight excluding hydrogens is 312 g/mol. The predicted molar refractivity (Wildman–Crippen MR) is 87.9 cm³/mol. The minimum Gasteiger partial charge on any atom is -0.346 e. The number of aryl methyl sites for hydroxylation is 3. The highest BCUT2D eigenvalue weighted by atomic mass is 16.6. The Balaban J connectivity index is 2.12. The van der Waals surface area contributed by atoms with Crippen molar-refractivity contribution in [3.63, 3.8) is 0 Å². The molecule has 9 heteroatoms. The largest absolute Gasteiger partial charge is 0.346 e. The third-order valence-corrected chi connectivity index (χ3v) is 3.64.